The summed E-state index contributed by atoms with van der Waals surface area (Å²) in [5.41, 5.74) is 2.78. The molecule has 3 nitrogen and oxygen atoms in total. The molecule has 0 atom stereocenters. The van der Waals surface area contributed by atoms with Gasteiger partial charge in [-0.1, -0.05) is 31.0 Å². The molecular formula is C15H19ClO3. The Morgan fingerprint density at radius 3 is 2.68 bits per heavy atom. The number of hydrogen-bond acceptors (Lipinski definition) is 2. The molecule has 0 aliphatic rings. The molecule has 1 N–H and O–H groups in total. The van der Waals surface area contributed by atoms with Crippen LogP contribution in [-0.2, 0) is 4.79 Å². The fraction of sp³-hybridized carbons (Fsp3) is 0.400. The van der Waals surface area contributed by atoms with Crippen LogP contribution in [0, 0.1) is 6.92 Å². The smallest absolute Gasteiger partial charge is 0.307 e. The number of aliphatic carboxylic acids is 1. The van der Waals surface area contributed by atoms with Gasteiger partial charge in [0.2, 0.25) is 0 Å². The molecule has 0 fully saturated rings. The van der Waals surface area contributed by atoms with Crippen molar-refractivity contribution in [1.29, 1.82) is 0 Å². The third-order valence-electron chi connectivity index (χ3n) is 2.87. The molecule has 1 rings (SSSR count). The number of carbonyl (C=O) groups is 1. The van der Waals surface area contributed by atoms with Crippen LogP contribution in [0.3, 0.4) is 0 Å². The van der Waals surface area contributed by atoms with Crippen LogP contribution >= 0.6 is 11.6 Å². The zero-order valence-corrected chi connectivity index (χ0v) is 12.3. The second-order valence-electron chi connectivity index (χ2n) is 4.38. The van der Waals surface area contributed by atoms with Gasteiger partial charge in [0.05, 0.1) is 13.5 Å². The fourth-order valence-corrected chi connectivity index (χ4v) is 2.07. The molecule has 0 aliphatic heterocycles. The molecule has 0 bridgehead atoms. The number of hydrogen-bond donors (Lipinski definition) is 1. The highest BCUT2D eigenvalue weighted by Gasteiger charge is 2.11. The summed E-state index contributed by atoms with van der Waals surface area (Å²) in [6.07, 6.45) is 3.46. The van der Waals surface area contributed by atoms with E-state index >= 15 is 0 Å². The van der Waals surface area contributed by atoms with Crippen LogP contribution < -0.4 is 4.74 Å². The molecule has 1 aromatic carbocycles. The predicted octanol–water partition coefficient (Wildman–Crippen LogP) is 4.32. The maximum Gasteiger partial charge on any atom is 0.307 e. The normalized spacial score (nSPS) is 11.5. The standard InChI is InChI=1S/C15H19ClO3/c1-4-5-11(6-7-15(17)18)12-9-13(16)10(2)8-14(12)19-3/h6,8-9H,4-5,7H2,1-3H3,(H,17,18)/b11-6+. The number of carboxylic acid groups (broad SMARTS) is 1. The minimum absolute atomic E-state index is 0.00395. The molecule has 0 saturated heterocycles. The lowest BCUT2D eigenvalue weighted by molar-refractivity contribution is -0.135. The number of rotatable bonds is 6. The van der Waals surface area contributed by atoms with Crippen molar-refractivity contribution < 1.29 is 14.6 Å². The Labute approximate surface area is 118 Å². The van der Waals surface area contributed by atoms with Crippen molar-refractivity contribution in [3.05, 3.63) is 34.4 Å². The van der Waals surface area contributed by atoms with Crippen molar-refractivity contribution in [1.82, 2.24) is 0 Å². The molecule has 0 aromatic heterocycles. The van der Waals surface area contributed by atoms with Crippen molar-refractivity contribution in [2.75, 3.05) is 7.11 Å². The third-order valence-corrected chi connectivity index (χ3v) is 3.28. The lowest BCUT2D eigenvalue weighted by Crippen LogP contribution is -1.96. The van der Waals surface area contributed by atoms with Gasteiger partial charge in [0, 0.05) is 10.6 Å². The summed E-state index contributed by atoms with van der Waals surface area (Å²) in [6.45, 7) is 3.96. The second kappa shape index (κ2) is 7.19. The van der Waals surface area contributed by atoms with Gasteiger partial charge in [-0.3, -0.25) is 4.79 Å². The van der Waals surface area contributed by atoms with Gasteiger partial charge < -0.3 is 9.84 Å². The lowest BCUT2D eigenvalue weighted by atomic mass is 9.98. The summed E-state index contributed by atoms with van der Waals surface area (Å²) in [6, 6.07) is 3.72. The monoisotopic (exact) mass is 282 g/mol. The van der Waals surface area contributed by atoms with Crippen molar-refractivity contribution in [3.63, 3.8) is 0 Å². The minimum atomic E-state index is -0.842. The number of methoxy groups -OCH3 is 1. The Morgan fingerprint density at radius 2 is 2.16 bits per heavy atom. The van der Waals surface area contributed by atoms with Crippen molar-refractivity contribution in [2.24, 2.45) is 0 Å². The summed E-state index contributed by atoms with van der Waals surface area (Å²) < 4.78 is 5.37. The number of carboxylic acids is 1. The first-order chi connectivity index (χ1) is 8.99. The Kier molecular flexibility index (Phi) is 5.90. The highest BCUT2D eigenvalue weighted by molar-refractivity contribution is 6.31. The van der Waals surface area contributed by atoms with Crippen LogP contribution in [0.4, 0.5) is 0 Å². The molecule has 0 aliphatic carbocycles. The summed E-state index contributed by atoms with van der Waals surface area (Å²) in [4.78, 5) is 10.7. The van der Waals surface area contributed by atoms with E-state index in [2.05, 4.69) is 6.92 Å². The quantitative estimate of drug-likeness (QED) is 0.845. The van der Waals surface area contributed by atoms with E-state index in [1.54, 1.807) is 13.2 Å². The summed E-state index contributed by atoms with van der Waals surface area (Å²) in [5, 5.41) is 9.46. The topological polar surface area (TPSA) is 46.5 Å². The van der Waals surface area contributed by atoms with E-state index in [0.717, 1.165) is 35.3 Å². The van der Waals surface area contributed by atoms with E-state index in [-0.39, 0.29) is 6.42 Å². The van der Waals surface area contributed by atoms with Gasteiger partial charge >= 0.3 is 5.97 Å². The van der Waals surface area contributed by atoms with E-state index in [1.807, 2.05) is 19.1 Å². The van der Waals surface area contributed by atoms with E-state index in [1.165, 1.54) is 0 Å². The molecule has 19 heavy (non-hydrogen) atoms. The molecule has 1 aromatic rings. The molecular weight excluding hydrogens is 264 g/mol. The van der Waals surface area contributed by atoms with Gasteiger partial charge in [0.25, 0.3) is 0 Å². The molecule has 0 amide bonds. The predicted molar refractivity (Wildman–Crippen MR) is 77.9 cm³/mol. The zero-order chi connectivity index (χ0) is 14.4. The summed E-state index contributed by atoms with van der Waals surface area (Å²) in [7, 11) is 1.60. The van der Waals surface area contributed by atoms with Gasteiger partial charge in [0.1, 0.15) is 5.75 Å². The number of benzene rings is 1. The van der Waals surface area contributed by atoms with E-state index in [4.69, 9.17) is 21.4 Å². The zero-order valence-electron chi connectivity index (χ0n) is 11.5. The molecule has 0 saturated carbocycles. The number of halogens is 1. The first-order valence-corrected chi connectivity index (χ1v) is 6.62. The Bertz CT molecular complexity index is 492. The minimum Gasteiger partial charge on any atom is -0.496 e. The van der Waals surface area contributed by atoms with Crippen LogP contribution in [0.15, 0.2) is 18.2 Å². The van der Waals surface area contributed by atoms with Crippen LogP contribution in [0.2, 0.25) is 5.02 Å². The number of ether oxygens (including phenoxy) is 1. The third kappa shape index (κ3) is 4.28. The first-order valence-electron chi connectivity index (χ1n) is 6.24. The maximum atomic E-state index is 10.7. The fourth-order valence-electron chi connectivity index (χ4n) is 1.90. The van der Waals surface area contributed by atoms with Crippen molar-refractivity contribution >= 4 is 23.1 Å². The Morgan fingerprint density at radius 1 is 1.47 bits per heavy atom. The van der Waals surface area contributed by atoms with Gasteiger partial charge in [-0.05, 0) is 36.6 Å². The average molecular weight is 283 g/mol. The van der Waals surface area contributed by atoms with Gasteiger partial charge in [-0.2, -0.15) is 0 Å². The maximum absolute atomic E-state index is 10.7. The highest BCUT2D eigenvalue weighted by atomic mass is 35.5. The van der Waals surface area contributed by atoms with Crippen LogP contribution in [0.5, 0.6) is 5.75 Å². The molecule has 104 valence electrons. The highest BCUT2D eigenvalue weighted by Crippen LogP contribution is 2.34. The largest absolute Gasteiger partial charge is 0.496 e. The van der Waals surface area contributed by atoms with Gasteiger partial charge in [0.15, 0.2) is 0 Å². The van der Waals surface area contributed by atoms with Crippen molar-refractivity contribution in [2.45, 2.75) is 33.1 Å². The van der Waals surface area contributed by atoms with Gasteiger partial charge in [-0.25, -0.2) is 0 Å². The average Bonchev–Trinajstić information content (AvgIpc) is 2.37. The molecule has 0 heterocycles. The first kappa shape index (κ1) is 15.6. The molecule has 0 unspecified atom stereocenters. The second-order valence-corrected chi connectivity index (χ2v) is 4.79. The molecule has 0 radical (unpaired) electrons. The Hall–Kier alpha value is -1.48. The van der Waals surface area contributed by atoms with Crippen LogP contribution in [-0.4, -0.2) is 18.2 Å². The van der Waals surface area contributed by atoms with Crippen molar-refractivity contribution in [3.8, 4) is 5.75 Å². The van der Waals surface area contributed by atoms with E-state index in [0.29, 0.717) is 5.02 Å². The summed E-state index contributed by atoms with van der Waals surface area (Å²) in [5.74, 6) is -0.113. The van der Waals surface area contributed by atoms with Crippen LogP contribution in [0.1, 0.15) is 37.3 Å². The number of aryl methyl sites for hydroxylation is 1. The summed E-state index contributed by atoms with van der Waals surface area (Å²) >= 11 is 6.15. The Balaban J connectivity index is 3.24. The van der Waals surface area contributed by atoms with Crippen LogP contribution in [0.25, 0.3) is 5.57 Å². The lowest BCUT2D eigenvalue weighted by Gasteiger charge is -2.14. The van der Waals surface area contributed by atoms with E-state index in [9.17, 15) is 4.79 Å². The SMILES string of the molecule is CCC/C(=C\CC(=O)O)c1cc(Cl)c(C)cc1OC. The van der Waals surface area contributed by atoms with Gasteiger partial charge in [-0.15, -0.1) is 0 Å². The number of allylic oxidation sites excluding steroid dienone is 1. The van der Waals surface area contributed by atoms with E-state index < -0.39 is 5.97 Å². The molecule has 0 spiro atoms. The molecule has 4 heteroatoms.